The van der Waals surface area contributed by atoms with Gasteiger partial charge in [-0.2, -0.15) is 0 Å². The molecule has 24 heavy (non-hydrogen) atoms. The standard InChI is InChI=1S/C19H18ClNO3/c1-12(13-7-5-8-15(20)10-13)21(2)18(22)17-11-14-6-3-4-9-16(14)19(23)24-17/h3-10,12,17H,11H2,1-2H3. The van der Waals surface area contributed by atoms with Crippen molar-refractivity contribution in [2.24, 2.45) is 0 Å². The number of cyclic esters (lactones) is 1. The fourth-order valence-electron chi connectivity index (χ4n) is 2.88. The predicted molar refractivity (Wildman–Crippen MR) is 92.0 cm³/mol. The van der Waals surface area contributed by atoms with E-state index in [-0.39, 0.29) is 11.9 Å². The molecular formula is C19H18ClNO3. The third-order valence-electron chi connectivity index (χ3n) is 4.43. The van der Waals surface area contributed by atoms with E-state index in [2.05, 4.69) is 0 Å². The minimum atomic E-state index is -0.793. The highest BCUT2D eigenvalue weighted by Crippen LogP contribution is 2.26. The second-order valence-corrected chi connectivity index (χ2v) is 6.37. The number of amides is 1. The van der Waals surface area contributed by atoms with Gasteiger partial charge in [0.1, 0.15) is 0 Å². The number of halogens is 1. The Bertz CT molecular complexity index is 790. The lowest BCUT2D eigenvalue weighted by atomic mass is 9.97. The average molecular weight is 344 g/mol. The molecule has 0 saturated carbocycles. The van der Waals surface area contributed by atoms with E-state index in [1.54, 1.807) is 30.1 Å². The summed E-state index contributed by atoms with van der Waals surface area (Å²) in [6, 6.07) is 14.4. The van der Waals surface area contributed by atoms with Crippen LogP contribution < -0.4 is 0 Å². The van der Waals surface area contributed by atoms with E-state index in [0.29, 0.717) is 17.0 Å². The van der Waals surface area contributed by atoms with Crippen molar-refractivity contribution in [1.29, 1.82) is 0 Å². The van der Waals surface area contributed by atoms with Gasteiger partial charge in [-0.05, 0) is 36.2 Å². The molecule has 5 heteroatoms. The molecular weight excluding hydrogens is 326 g/mol. The van der Waals surface area contributed by atoms with Gasteiger partial charge in [0.2, 0.25) is 0 Å². The predicted octanol–water partition coefficient (Wildman–Crippen LogP) is 3.64. The largest absolute Gasteiger partial charge is 0.448 e. The molecule has 2 atom stereocenters. The maximum absolute atomic E-state index is 12.8. The van der Waals surface area contributed by atoms with Crippen molar-refractivity contribution < 1.29 is 14.3 Å². The minimum Gasteiger partial charge on any atom is -0.448 e. The van der Waals surface area contributed by atoms with Crippen LogP contribution in [-0.2, 0) is 16.0 Å². The molecule has 124 valence electrons. The lowest BCUT2D eigenvalue weighted by molar-refractivity contribution is -0.141. The molecule has 2 aromatic rings. The Morgan fingerprint density at radius 3 is 2.75 bits per heavy atom. The summed E-state index contributed by atoms with van der Waals surface area (Å²) in [4.78, 5) is 26.5. The molecule has 0 bridgehead atoms. The molecule has 1 aliphatic heterocycles. The van der Waals surface area contributed by atoms with Gasteiger partial charge in [0, 0.05) is 18.5 Å². The lowest BCUT2D eigenvalue weighted by Gasteiger charge is -2.31. The number of hydrogen-bond acceptors (Lipinski definition) is 3. The molecule has 1 aliphatic rings. The molecule has 3 rings (SSSR count). The Morgan fingerprint density at radius 1 is 1.25 bits per heavy atom. The van der Waals surface area contributed by atoms with Gasteiger partial charge < -0.3 is 9.64 Å². The zero-order chi connectivity index (χ0) is 17.3. The molecule has 0 spiro atoms. The monoisotopic (exact) mass is 343 g/mol. The van der Waals surface area contributed by atoms with Gasteiger partial charge in [-0.3, -0.25) is 4.79 Å². The van der Waals surface area contributed by atoms with Crippen LogP contribution in [0, 0.1) is 0 Å². The van der Waals surface area contributed by atoms with E-state index in [1.807, 2.05) is 37.3 Å². The molecule has 0 saturated heterocycles. The van der Waals surface area contributed by atoms with E-state index in [9.17, 15) is 9.59 Å². The molecule has 1 amide bonds. The number of fused-ring (bicyclic) bond motifs is 1. The summed E-state index contributed by atoms with van der Waals surface area (Å²) in [6.45, 7) is 1.92. The van der Waals surface area contributed by atoms with Gasteiger partial charge in [0.05, 0.1) is 11.6 Å². The molecule has 4 nitrogen and oxygen atoms in total. The van der Waals surface area contributed by atoms with Crippen molar-refractivity contribution in [1.82, 2.24) is 4.90 Å². The van der Waals surface area contributed by atoms with Crippen molar-refractivity contribution in [3.05, 3.63) is 70.2 Å². The number of benzene rings is 2. The fraction of sp³-hybridized carbons (Fsp3) is 0.263. The Labute approximate surface area is 146 Å². The van der Waals surface area contributed by atoms with Crippen LogP contribution in [0.3, 0.4) is 0 Å². The summed E-state index contributed by atoms with van der Waals surface area (Å²) < 4.78 is 5.35. The number of likely N-dealkylation sites (N-methyl/N-ethyl adjacent to an activating group) is 1. The van der Waals surface area contributed by atoms with Crippen LogP contribution >= 0.6 is 11.6 Å². The van der Waals surface area contributed by atoms with Crippen LogP contribution in [0.2, 0.25) is 5.02 Å². The Morgan fingerprint density at radius 2 is 2.00 bits per heavy atom. The summed E-state index contributed by atoms with van der Waals surface area (Å²) in [6.07, 6.45) is -0.396. The molecule has 1 heterocycles. The van der Waals surface area contributed by atoms with Crippen LogP contribution in [0.1, 0.15) is 34.5 Å². The van der Waals surface area contributed by atoms with E-state index in [4.69, 9.17) is 16.3 Å². The third-order valence-corrected chi connectivity index (χ3v) is 4.66. The smallest absolute Gasteiger partial charge is 0.339 e. The van der Waals surface area contributed by atoms with Crippen LogP contribution in [-0.4, -0.2) is 29.9 Å². The number of carbonyl (C=O) groups excluding carboxylic acids is 2. The van der Waals surface area contributed by atoms with Crippen molar-refractivity contribution in [3.8, 4) is 0 Å². The average Bonchev–Trinajstić information content (AvgIpc) is 2.59. The maximum Gasteiger partial charge on any atom is 0.339 e. The molecule has 2 unspecified atom stereocenters. The van der Waals surface area contributed by atoms with Gasteiger partial charge in [-0.25, -0.2) is 4.79 Å². The second-order valence-electron chi connectivity index (χ2n) is 5.94. The number of carbonyl (C=O) groups is 2. The quantitative estimate of drug-likeness (QED) is 0.799. The minimum absolute atomic E-state index is 0.174. The topological polar surface area (TPSA) is 46.6 Å². The Balaban J connectivity index is 1.78. The molecule has 0 fully saturated rings. The zero-order valence-electron chi connectivity index (χ0n) is 13.5. The molecule has 0 aromatic heterocycles. The van der Waals surface area contributed by atoms with Crippen molar-refractivity contribution in [2.45, 2.75) is 25.5 Å². The number of rotatable bonds is 3. The van der Waals surface area contributed by atoms with Crippen molar-refractivity contribution in [2.75, 3.05) is 7.05 Å². The van der Waals surface area contributed by atoms with Crippen LogP contribution in [0.5, 0.6) is 0 Å². The first kappa shape index (κ1) is 16.5. The van der Waals surface area contributed by atoms with Crippen molar-refractivity contribution in [3.63, 3.8) is 0 Å². The van der Waals surface area contributed by atoms with Gasteiger partial charge in [-0.15, -0.1) is 0 Å². The van der Waals surface area contributed by atoms with Crippen molar-refractivity contribution >= 4 is 23.5 Å². The summed E-state index contributed by atoms with van der Waals surface area (Å²) in [5.74, 6) is -0.663. The molecule has 0 aliphatic carbocycles. The normalized spacial score (nSPS) is 17.6. The van der Waals surface area contributed by atoms with Crippen LogP contribution in [0.15, 0.2) is 48.5 Å². The highest BCUT2D eigenvalue weighted by atomic mass is 35.5. The van der Waals surface area contributed by atoms with Gasteiger partial charge >= 0.3 is 5.97 Å². The first-order valence-corrected chi connectivity index (χ1v) is 8.16. The number of esters is 1. The number of ether oxygens (including phenoxy) is 1. The second kappa shape index (κ2) is 6.65. The first-order valence-electron chi connectivity index (χ1n) is 7.78. The van der Waals surface area contributed by atoms with Crippen LogP contribution in [0.4, 0.5) is 0 Å². The summed E-state index contributed by atoms with van der Waals surface area (Å²) in [5.41, 5.74) is 2.31. The van der Waals surface area contributed by atoms with E-state index < -0.39 is 12.1 Å². The summed E-state index contributed by atoms with van der Waals surface area (Å²) in [7, 11) is 1.71. The van der Waals surface area contributed by atoms with E-state index in [1.165, 1.54) is 0 Å². The SMILES string of the molecule is CC(c1cccc(Cl)c1)N(C)C(=O)C1Cc2ccccc2C(=O)O1. The Hall–Kier alpha value is -2.33. The number of hydrogen-bond donors (Lipinski definition) is 0. The third kappa shape index (κ3) is 3.15. The van der Waals surface area contributed by atoms with E-state index >= 15 is 0 Å². The lowest BCUT2D eigenvalue weighted by Crippen LogP contribution is -2.43. The Kier molecular flexibility index (Phi) is 4.58. The zero-order valence-corrected chi connectivity index (χ0v) is 14.3. The highest BCUT2D eigenvalue weighted by molar-refractivity contribution is 6.30. The van der Waals surface area contributed by atoms with Gasteiger partial charge in [0.25, 0.3) is 5.91 Å². The first-order chi connectivity index (χ1) is 11.5. The van der Waals surface area contributed by atoms with Crippen LogP contribution in [0.25, 0.3) is 0 Å². The summed E-state index contributed by atoms with van der Waals surface area (Å²) in [5, 5.41) is 0.623. The summed E-state index contributed by atoms with van der Waals surface area (Å²) >= 11 is 6.02. The molecule has 2 aromatic carbocycles. The van der Waals surface area contributed by atoms with E-state index in [0.717, 1.165) is 11.1 Å². The highest BCUT2D eigenvalue weighted by Gasteiger charge is 2.34. The number of nitrogens with zero attached hydrogens (tertiary/aromatic N) is 1. The maximum atomic E-state index is 12.8. The van der Waals surface area contributed by atoms with Gasteiger partial charge in [0.15, 0.2) is 6.10 Å². The molecule has 0 N–H and O–H groups in total. The fourth-order valence-corrected chi connectivity index (χ4v) is 3.08. The van der Waals surface area contributed by atoms with Gasteiger partial charge in [-0.1, -0.05) is 41.9 Å². The molecule has 0 radical (unpaired) electrons.